The summed E-state index contributed by atoms with van der Waals surface area (Å²) in [7, 11) is 0. The van der Waals surface area contributed by atoms with Crippen molar-refractivity contribution in [3.05, 3.63) is 70.5 Å². The normalized spacial score (nSPS) is 22.6. The van der Waals surface area contributed by atoms with Gasteiger partial charge in [0.25, 0.3) is 0 Å². The first-order chi connectivity index (χ1) is 9.24. The first-order valence-corrected chi connectivity index (χ1v) is 6.83. The third kappa shape index (κ3) is 2.65. The van der Waals surface area contributed by atoms with Gasteiger partial charge in [-0.1, -0.05) is 35.9 Å². The van der Waals surface area contributed by atoms with Crippen LogP contribution in [0.4, 0.5) is 4.39 Å². The first-order valence-electron chi connectivity index (χ1n) is 6.45. The van der Waals surface area contributed by atoms with Crippen LogP contribution < -0.4 is 5.32 Å². The van der Waals surface area contributed by atoms with Crippen LogP contribution in [0.5, 0.6) is 0 Å². The topological polar surface area (TPSA) is 12.0 Å². The van der Waals surface area contributed by atoms with Crippen LogP contribution in [0.15, 0.2) is 48.5 Å². The smallest absolute Gasteiger partial charge is 0.123 e. The summed E-state index contributed by atoms with van der Waals surface area (Å²) in [6.45, 7) is 1.88. The van der Waals surface area contributed by atoms with Crippen molar-refractivity contribution in [1.82, 2.24) is 5.32 Å². The monoisotopic (exact) mass is 275 g/mol. The van der Waals surface area contributed by atoms with Crippen LogP contribution in [-0.2, 0) is 0 Å². The molecule has 0 bridgehead atoms. The van der Waals surface area contributed by atoms with E-state index in [1.165, 1.54) is 23.3 Å². The van der Waals surface area contributed by atoms with E-state index in [1.54, 1.807) is 0 Å². The van der Waals surface area contributed by atoms with E-state index in [0.29, 0.717) is 11.8 Å². The summed E-state index contributed by atoms with van der Waals surface area (Å²) in [4.78, 5) is 0. The second-order valence-corrected chi connectivity index (χ2v) is 5.41. The molecule has 2 aromatic carbocycles. The molecular formula is C16H15ClFN. The fourth-order valence-corrected chi connectivity index (χ4v) is 2.93. The maximum absolute atomic E-state index is 13.0. The van der Waals surface area contributed by atoms with Gasteiger partial charge >= 0.3 is 0 Å². The molecule has 0 unspecified atom stereocenters. The third-order valence-corrected chi connectivity index (χ3v) is 4.06. The van der Waals surface area contributed by atoms with Gasteiger partial charge in [-0.05, 0) is 35.4 Å². The Hall–Kier alpha value is -1.38. The zero-order valence-corrected chi connectivity index (χ0v) is 11.2. The number of benzene rings is 2. The Morgan fingerprint density at radius 1 is 0.842 bits per heavy atom. The summed E-state index contributed by atoms with van der Waals surface area (Å²) in [6.07, 6.45) is 0. The van der Waals surface area contributed by atoms with Crippen LogP contribution in [0.1, 0.15) is 23.0 Å². The van der Waals surface area contributed by atoms with Crippen molar-refractivity contribution in [3.63, 3.8) is 0 Å². The lowest BCUT2D eigenvalue weighted by molar-refractivity contribution is 0.621. The summed E-state index contributed by atoms with van der Waals surface area (Å²) in [5, 5.41) is 4.18. The standard InChI is InChI=1S/C16H15ClFN/c17-13-5-1-11(2-6-13)15-9-19-10-16(15)12-3-7-14(18)8-4-12/h1-8,15-16,19H,9-10H2/t15-,16-/m1/s1. The van der Waals surface area contributed by atoms with E-state index in [2.05, 4.69) is 17.4 Å². The van der Waals surface area contributed by atoms with Gasteiger partial charge in [-0.2, -0.15) is 0 Å². The molecule has 19 heavy (non-hydrogen) atoms. The maximum atomic E-state index is 13.0. The summed E-state index contributed by atoms with van der Waals surface area (Å²) in [5.41, 5.74) is 2.47. The Bertz CT molecular complexity index is 498. The van der Waals surface area contributed by atoms with Gasteiger partial charge in [-0.3, -0.25) is 0 Å². The number of hydrogen-bond donors (Lipinski definition) is 1. The molecule has 1 nitrogen and oxygen atoms in total. The van der Waals surface area contributed by atoms with Gasteiger partial charge in [0, 0.05) is 29.9 Å². The molecule has 2 atom stereocenters. The van der Waals surface area contributed by atoms with E-state index in [0.717, 1.165) is 18.1 Å². The van der Waals surface area contributed by atoms with Crippen molar-refractivity contribution in [2.45, 2.75) is 11.8 Å². The summed E-state index contributed by atoms with van der Waals surface area (Å²) < 4.78 is 13.0. The number of hydrogen-bond acceptors (Lipinski definition) is 1. The molecule has 0 radical (unpaired) electrons. The minimum atomic E-state index is -0.183. The third-order valence-electron chi connectivity index (χ3n) is 3.81. The molecule has 3 heteroatoms. The minimum absolute atomic E-state index is 0.183. The van der Waals surface area contributed by atoms with Crippen molar-refractivity contribution in [1.29, 1.82) is 0 Å². The minimum Gasteiger partial charge on any atom is -0.315 e. The predicted octanol–water partition coefficient (Wildman–Crippen LogP) is 3.95. The lowest BCUT2D eigenvalue weighted by Crippen LogP contribution is -2.09. The van der Waals surface area contributed by atoms with E-state index >= 15 is 0 Å². The molecule has 3 rings (SSSR count). The van der Waals surface area contributed by atoms with Crippen LogP contribution in [0.2, 0.25) is 5.02 Å². The van der Waals surface area contributed by atoms with Crippen molar-refractivity contribution >= 4 is 11.6 Å². The van der Waals surface area contributed by atoms with Crippen LogP contribution in [0, 0.1) is 5.82 Å². The van der Waals surface area contributed by atoms with E-state index in [9.17, 15) is 4.39 Å². The molecule has 0 aromatic heterocycles. The predicted molar refractivity (Wildman–Crippen MR) is 76.2 cm³/mol. The molecule has 0 saturated carbocycles. The van der Waals surface area contributed by atoms with Gasteiger partial charge in [0.05, 0.1) is 0 Å². The summed E-state index contributed by atoms with van der Waals surface area (Å²) in [5.74, 6) is 0.627. The fourth-order valence-electron chi connectivity index (χ4n) is 2.80. The maximum Gasteiger partial charge on any atom is 0.123 e. The van der Waals surface area contributed by atoms with Crippen LogP contribution in [0.3, 0.4) is 0 Å². The van der Waals surface area contributed by atoms with Crippen molar-refractivity contribution < 1.29 is 4.39 Å². The molecule has 0 spiro atoms. The molecule has 1 aliphatic heterocycles. The molecule has 1 N–H and O–H groups in total. The molecular weight excluding hydrogens is 261 g/mol. The molecule has 1 aliphatic rings. The van der Waals surface area contributed by atoms with Crippen LogP contribution in [-0.4, -0.2) is 13.1 Å². The average molecular weight is 276 g/mol. The Kier molecular flexibility index (Phi) is 3.54. The highest BCUT2D eigenvalue weighted by atomic mass is 35.5. The highest BCUT2D eigenvalue weighted by Gasteiger charge is 2.29. The highest BCUT2D eigenvalue weighted by Crippen LogP contribution is 2.36. The lowest BCUT2D eigenvalue weighted by Gasteiger charge is -2.19. The molecule has 0 aliphatic carbocycles. The van der Waals surface area contributed by atoms with E-state index < -0.39 is 0 Å². The van der Waals surface area contributed by atoms with Crippen molar-refractivity contribution in [2.75, 3.05) is 13.1 Å². The summed E-state index contributed by atoms with van der Waals surface area (Å²) in [6, 6.07) is 14.9. The van der Waals surface area contributed by atoms with Crippen molar-refractivity contribution in [3.8, 4) is 0 Å². The Morgan fingerprint density at radius 2 is 1.32 bits per heavy atom. The van der Waals surface area contributed by atoms with Gasteiger partial charge in [-0.25, -0.2) is 4.39 Å². The SMILES string of the molecule is Fc1ccc([C@H]2CNC[C@@H]2c2ccc(Cl)cc2)cc1. The van der Waals surface area contributed by atoms with Gasteiger partial charge < -0.3 is 5.32 Å². The van der Waals surface area contributed by atoms with Gasteiger partial charge in [0.15, 0.2) is 0 Å². The van der Waals surface area contributed by atoms with Gasteiger partial charge in [-0.15, -0.1) is 0 Å². The Morgan fingerprint density at radius 3 is 1.84 bits per heavy atom. The average Bonchev–Trinajstić information content (AvgIpc) is 2.90. The van der Waals surface area contributed by atoms with E-state index in [1.807, 2.05) is 24.3 Å². The zero-order valence-electron chi connectivity index (χ0n) is 10.4. The van der Waals surface area contributed by atoms with Crippen molar-refractivity contribution in [2.24, 2.45) is 0 Å². The van der Waals surface area contributed by atoms with Gasteiger partial charge in [0.2, 0.25) is 0 Å². The molecule has 1 heterocycles. The fraction of sp³-hybridized carbons (Fsp3) is 0.250. The number of halogens is 2. The summed E-state index contributed by atoms with van der Waals surface area (Å²) >= 11 is 5.93. The quantitative estimate of drug-likeness (QED) is 0.875. The molecule has 0 amide bonds. The highest BCUT2D eigenvalue weighted by molar-refractivity contribution is 6.30. The van der Waals surface area contributed by atoms with E-state index in [-0.39, 0.29) is 5.82 Å². The van der Waals surface area contributed by atoms with Crippen LogP contribution in [0.25, 0.3) is 0 Å². The number of nitrogens with one attached hydrogen (secondary N) is 1. The van der Waals surface area contributed by atoms with Gasteiger partial charge in [0.1, 0.15) is 5.82 Å². The first kappa shape index (κ1) is 12.6. The second-order valence-electron chi connectivity index (χ2n) is 4.97. The lowest BCUT2D eigenvalue weighted by atomic mass is 9.84. The van der Waals surface area contributed by atoms with E-state index in [4.69, 9.17) is 11.6 Å². The Balaban J connectivity index is 1.89. The number of rotatable bonds is 2. The molecule has 1 saturated heterocycles. The largest absolute Gasteiger partial charge is 0.315 e. The molecule has 1 fully saturated rings. The molecule has 2 aromatic rings. The zero-order chi connectivity index (χ0) is 13.2. The van der Waals surface area contributed by atoms with Crippen LogP contribution >= 0.6 is 11.6 Å². The Labute approximate surface area is 117 Å². The second kappa shape index (κ2) is 5.32. The molecule has 98 valence electrons.